The van der Waals surface area contributed by atoms with E-state index in [2.05, 4.69) is 31.0 Å². The summed E-state index contributed by atoms with van der Waals surface area (Å²) in [6.45, 7) is 8.24. The van der Waals surface area contributed by atoms with Gasteiger partial charge in [-0.25, -0.2) is 0 Å². The lowest BCUT2D eigenvalue weighted by Gasteiger charge is -2.25. The summed E-state index contributed by atoms with van der Waals surface area (Å²) in [6.07, 6.45) is 1.57. The van der Waals surface area contributed by atoms with E-state index in [1.165, 1.54) is 0 Å². The van der Waals surface area contributed by atoms with Crippen molar-refractivity contribution in [3.63, 3.8) is 0 Å². The second-order valence-corrected chi connectivity index (χ2v) is 5.81. The molecule has 0 spiro atoms. The van der Waals surface area contributed by atoms with Crippen molar-refractivity contribution in [3.8, 4) is 0 Å². The molecular formula is C16H25N3OS. The molecule has 21 heavy (non-hydrogen) atoms. The van der Waals surface area contributed by atoms with Gasteiger partial charge in [0.2, 0.25) is 5.91 Å². The van der Waals surface area contributed by atoms with Crippen molar-refractivity contribution >= 4 is 28.8 Å². The minimum Gasteiger partial charge on any atom is -0.389 e. The number of benzene rings is 1. The summed E-state index contributed by atoms with van der Waals surface area (Å²) in [5, 5.41) is 2.89. The van der Waals surface area contributed by atoms with E-state index in [1.807, 2.05) is 18.2 Å². The number of nitrogens with zero attached hydrogens (tertiary/aromatic N) is 1. The molecule has 4 nitrogen and oxygen atoms in total. The summed E-state index contributed by atoms with van der Waals surface area (Å²) >= 11 is 4.94. The first kappa shape index (κ1) is 17.6. The van der Waals surface area contributed by atoms with Crippen LogP contribution in [0.4, 0.5) is 5.69 Å². The van der Waals surface area contributed by atoms with Crippen LogP contribution in [0.25, 0.3) is 0 Å². The maximum Gasteiger partial charge on any atom is 0.225 e. The molecule has 5 heteroatoms. The quantitative estimate of drug-likeness (QED) is 0.725. The minimum atomic E-state index is 0.0110. The third kappa shape index (κ3) is 6.23. The highest BCUT2D eigenvalue weighted by Crippen LogP contribution is 2.11. The maximum atomic E-state index is 12.0. The van der Waals surface area contributed by atoms with Gasteiger partial charge in [-0.1, -0.05) is 31.3 Å². The Bertz CT molecular complexity index is 488. The molecule has 0 saturated heterocycles. The van der Waals surface area contributed by atoms with E-state index in [0.29, 0.717) is 17.5 Å². The second kappa shape index (κ2) is 8.74. The van der Waals surface area contributed by atoms with Crippen molar-refractivity contribution < 1.29 is 4.79 Å². The number of nitrogens with one attached hydrogen (secondary N) is 1. The minimum absolute atomic E-state index is 0.0110. The molecule has 0 atom stereocenters. The average molecular weight is 307 g/mol. The van der Waals surface area contributed by atoms with Crippen LogP contribution in [0.15, 0.2) is 24.3 Å². The highest BCUT2D eigenvalue weighted by atomic mass is 32.1. The van der Waals surface area contributed by atoms with Gasteiger partial charge in [0.05, 0.1) is 0 Å². The Morgan fingerprint density at radius 1 is 1.38 bits per heavy atom. The Hall–Kier alpha value is -1.46. The SMILES string of the molecule is CCCN(CCC(=O)Nc1cccc(C(N)=S)c1)C(C)C. The van der Waals surface area contributed by atoms with Gasteiger partial charge >= 0.3 is 0 Å². The summed E-state index contributed by atoms with van der Waals surface area (Å²) in [4.78, 5) is 14.7. The summed E-state index contributed by atoms with van der Waals surface area (Å²) in [6, 6.07) is 7.76. The van der Waals surface area contributed by atoms with Gasteiger partial charge in [-0.3, -0.25) is 4.79 Å². The molecule has 1 amide bonds. The van der Waals surface area contributed by atoms with Crippen LogP contribution >= 0.6 is 12.2 Å². The van der Waals surface area contributed by atoms with Gasteiger partial charge in [-0.15, -0.1) is 0 Å². The van der Waals surface area contributed by atoms with Crippen molar-refractivity contribution in [3.05, 3.63) is 29.8 Å². The van der Waals surface area contributed by atoms with Gasteiger partial charge in [-0.05, 0) is 38.9 Å². The number of hydrogen-bond acceptors (Lipinski definition) is 3. The summed E-state index contributed by atoms with van der Waals surface area (Å²) in [5.41, 5.74) is 7.09. The van der Waals surface area contributed by atoms with Crippen LogP contribution in [0.5, 0.6) is 0 Å². The first-order valence-electron chi connectivity index (χ1n) is 7.37. The molecule has 0 aliphatic heterocycles. The molecule has 0 aliphatic rings. The molecule has 0 fully saturated rings. The number of carbonyl (C=O) groups excluding carboxylic acids is 1. The largest absolute Gasteiger partial charge is 0.389 e. The molecule has 1 aromatic carbocycles. The Balaban J connectivity index is 2.53. The normalized spacial score (nSPS) is 10.9. The van der Waals surface area contributed by atoms with Crippen molar-refractivity contribution in [1.29, 1.82) is 0 Å². The van der Waals surface area contributed by atoms with Gasteiger partial charge < -0.3 is 16.0 Å². The van der Waals surface area contributed by atoms with Crippen LogP contribution in [0.3, 0.4) is 0 Å². The van der Waals surface area contributed by atoms with Crippen LogP contribution in [-0.4, -0.2) is 34.9 Å². The van der Waals surface area contributed by atoms with Gasteiger partial charge in [0.15, 0.2) is 0 Å². The van der Waals surface area contributed by atoms with Gasteiger partial charge in [0.1, 0.15) is 4.99 Å². The Kier molecular flexibility index (Phi) is 7.32. The highest BCUT2D eigenvalue weighted by Gasteiger charge is 2.11. The molecule has 0 bridgehead atoms. The van der Waals surface area contributed by atoms with Gasteiger partial charge in [-0.2, -0.15) is 0 Å². The number of rotatable bonds is 8. The molecular weight excluding hydrogens is 282 g/mol. The van der Waals surface area contributed by atoms with Crippen LogP contribution in [0, 0.1) is 0 Å². The molecule has 0 heterocycles. The van der Waals surface area contributed by atoms with Crippen molar-refractivity contribution in [2.75, 3.05) is 18.4 Å². The van der Waals surface area contributed by atoms with E-state index >= 15 is 0 Å². The van der Waals surface area contributed by atoms with E-state index in [9.17, 15) is 4.79 Å². The molecule has 3 N–H and O–H groups in total. The first-order chi connectivity index (χ1) is 9.93. The van der Waals surface area contributed by atoms with Crippen molar-refractivity contribution in [1.82, 2.24) is 4.90 Å². The third-order valence-corrected chi connectivity index (χ3v) is 3.53. The fraction of sp³-hybridized carbons (Fsp3) is 0.500. The molecule has 0 saturated carbocycles. The second-order valence-electron chi connectivity index (χ2n) is 5.37. The molecule has 0 radical (unpaired) electrons. The smallest absolute Gasteiger partial charge is 0.225 e. The summed E-state index contributed by atoms with van der Waals surface area (Å²) in [7, 11) is 0. The number of carbonyl (C=O) groups is 1. The van der Waals surface area contributed by atoms with Crippen molar-refractivity contribution in [2.45, 2.75) is 39.7 Å². The van der Waals surface area contributed by atoms with Crippen molar-refractivity contribution in [2.24, 2.45) is 5.73 Å². The molecule has 116 valence electrons. The molecule has 1 rings (SSSR count). The van der Waals surface area contributed by atoms with E-state index in [-0.39, 0.29) is 5.91 Å². The topological polar surface area (TPSA) is 58.4 Å². The van der Waals surface area contributed by atoms with E-state index < -0.39 is 0 Å². The number of anilines is 1. The monoisotopic (exact) mass is 307 g/mol. The standard InChI is InChI=1S/C16H25N3OS/c1-4-9-19(12(2)3)10-8-15(20)18-14-7-5-6-13(11-14)16(17)21/h5-7,11-12H,4,8-10H2,1-3H3,(H2,17,21)(H,18,20). The number of thiocarbonyl (C=S) groups is 1. The lowest BCUT2D eigenvalue weighted by molar-refractivity contribution is -0.116. The summed E-state index contributed by atoms with van der Waals surface area (Å²) < 4.78 is 0. The highest BCUT2D eigenvalue weighted by molar-refractivity contribution is 7.80. The van der Waals surface area contributed by atoms with Crippen LogP contribution in [-0.2, 0) is 4.79 Å². The van der Waals surface area contributed by atoms with Crippen LogP contribution in [0.1, 0.15) is 39.2 Å². The maximum absolute atomic E-state index is 12.0. The van der Waals surface area contributed by atoms with E-state index in [4.69, 9.17) is 18.0 Å². The fourth-order valence-corrected chi connectivity index (χ4v) is 2.26. The zero-order chi connectivity index (χ0) is 15.8. The lowest BCUT2D eigenvalue weighted by Crippen LogP contribution is -2.34. The molecule has 0 aromatic heterocycles. The number of nitrogens with two attached hydrogens (primary N) is 1. The molecule has 0 aliphatic carbocycles. The summed E-state index contributed by atoms with van der Waals surface area (Å²) in [5.74, 6) is 0.0110. The van der Waals surface area contributed by atoms with E-state index in [1.54, 1.807) is 6.07 Å². The zero-order valence-corrected chi connectivity index (χ0v) is 13.9. The Labute approximate surface area is 132 Å². The van der Waals surface area contributed by atoms with Gasteiger partial charge in [0, 0.05) is 30.3 Å². The molecule has 0 unspecified atom stereocenters. The van der Waals surface area contributed by atoms with Gasteiger partial charge in [0.25, 0.3) is 0 Å². The fourth-order valence-electron chi connectivity index (χ4n) is 2.13. The third-order valence-electron chi connectivity index (χ3n) is 3.30. The van der Waals surface area contributed by atoms with E-state index in [0.717, 1.165) is 30.8 Å². The Morgan fingerprint density at radius 2 is 2.10 bits per heavy atom. The number of amides is 1. The average Bonchev–Trinajstić information content (AvgIpc) is 2.43. The Morgan fingerprint density at radius 3 is 2.67 bits per heavy atom. The zero-order valence-electron chi connectivity index (χ0n) is 13.1. The predicted molar refractivity (Wildman–Crippen MR) is 92.6 cm³/mol. The number of hydrogen-bond donors (Lipinski definition) is 2. The predicted octanol–water partition coefficient (Wildman–Crippen LogP) is 2.77. The van der Waals surface area contributed by atoms with Crippen LogP contribution < -0.4 is 11.1 Å². The van der Waals surface area contributed by atoms with Crippen LogP contribution in [0.2, 0.25) is 0 Å². The first-order valence-corrected chi connectivity index (χ1v) is 7.78. The molecule has 1 aromatic rings. The lowest BCUT2D eigenvalue weighted by atomic mass is 10.2.